The quantitative estimate of drug-likeness (QED) is 0.691. The van der Waals surface area contributed by atoms with Gasteiger partial charge in [-0.1, -0.05) is 6.92 Å². The molecule has 0 fully saturated rings. The third-order valence-electron chi connectivity index (χ3n) is 1.80. The molecule has 1 rings (SSSR count). The Labute approximate surface area is 77.1 Å². The van der Waals surface area contributed by atoms with Gasteiger partial charge in [-0.2, -0.15) is 4.98 Å². The number of nitrogens with zero attached hydrogens (tertiary/aromatic N) is 2. The molecule has 72 valence electrons. The van der Waals surface area contributed by atoms with Crippen LogP contribution in [0.5, 0.6) is 5.88 Å². The fraction of sp³-hybridized carbons (Fsp3) is 0.500. The van der Waals surface area contributed by atoms with Crippen LogP contribution in [0, 0.1) is 0 Å². The van der Waals surface area contributed by atoms with Gasteiger partial charge in [0, 0.05) is 12.1 Å². The van der Waals surface area contributed by atoms with Crippen molar-refractivity contribution in [3.63, 3.8) is 0 Å². The first-order valence-electron chi connectivity index (χ1n) is 4.12. The molecular formula is C8H14N4O. The van der Waals surface area contributed by atoms with Crippen LogP contribution in [0.25, 0.3) is 0 Å². The topological polar surface area (TPSA) is 87.0 Å². The van der Waals surface area contributed by atoms with E-state index < -0.39 is 0 Å². The normalized spacial score (nSPS) is 10.1. The maximum Gasteiger partial charge on any atom is 0.223 e. The number of aromatic nitrogens is 2. The maximum absolute atomic E-state index is 5.55. The first-order valence-corrected chi connectivity index (χ1v) is 4.12. The van der Waals surface area contributed by atoms with Crippen LogP contribution >= 0.6 is 0 Å². The lowest BCUT2D eigenvalue weighted by atomic mass is 10.2. The molecule has 0 saturated heterocycles. The Morgan fingerprint density at radius 3 is 2.54 bits per heavy atom. The van der Waals surface area contributed by atoms with E-state index in [-0.39, 0.29) is 5.95 Å². The number of ether oxygens (including phenoxy) is 1. The fourth-order valence-corrected chi connectivity index (χ4v) is 1.19. The van der Waals surface area contributed by atoms with Crippen molar-refractivity contribution in [1.82, 2.24) is 9.97 Å². The molecular weight excluding hydrogens is 168 g/mol. The maximum atomic E-state index is 5.55. The van der Waals surface area contributed by atoms with Gasteiger partial charge in [0.05, 0.1) is 12.8 Å². The van der Waals surface area contributed by atoms with E-state index in [1.165, 1.54) is 0 Å². The van der Waals surface area contributed by atoms with E-state index in [0.29, 0.717) is 12.4 Å². The lowest BCUT2D eigenvalue weighted by Gasteiger charge is -2.09. The van der Waals surface area contributed by atoms with Gasteiger partial charge in [-0.25, -0.2) is 4.98 Å². The molecule has 0 aliphatic rings. The minimum absolute atomic E-state index is 0.228. The molecule has 5 nitrogen and oxygen atoms in total. The smallest absolute Gasteiger partial charge is 0.223 e. The third kappa shape index (κ3) is 1.86. The predicted octanol–water partition coefficient (Wildman–Crippen LogP) is 0.0885. The second-order valence-corrected chi connectivity index (χ2v) is 2.57. The van der Waals surface area contributed by atoms with Gasteiger partial charge in [-0.05, 0) is 6.42 Å². The summed E-state index contributed by atoms with van der Waals surface area (Å²) >= 11 is 0. The molecule has 0 aliphatic carbocycles. The van der Waals surface area contributed by atoms with Gasteiger partial charge >= 0.3 is 0 Å². The van der Waals surface area contributed by atoms with Crippen LogP contribution in [0.15, 0.2) is 0 Å². The van der Waals surface area contributed by atoms with Crippen molar-refractivity contribution in [1.29, 1.82) is 0 Å². The number of hydrogen-bond donors (Lipinski definition) is 2. The summed E-state index contributed by atoms with van der Waals surface area (Å²) < 4.78 is 5.05. The van der Waals surface area contributed by atoms with Crippen LogP contribution in [0.3, 0.4) is 0 Å². The standard InChI is InChI=1S/C8H14N4O/c1-3-6-5(4-9)7(13-2)12-8(10)11-6/h3-4,9H2,1-2H3,(H2,10,11,12). The SMILES string of the molecule is CCc1nc(N)nc(OC)c1CN. The average molecular weight is 182 g/mol. The van der Waals surface area contributed by atoms with Crippen LogP contribution in [0.2, 0.25) is 0 Å². The Bertz CT molecular complexity index is 275. The summed E-state index contributed by atoms with van der Waals surface area (Å²) in [7, 11) is 1.54. The number of nitrogens with two attached hydrogens (primary N) is 2. The van der Waals surface area contributed by atoms with Crippen molar-refractivity contribution < 1.29 is 4.74 Å². The summed E-state index contributed by atoms with van der Waals surface area (Å²) in [5, 5.41) is 0. The van der Waals surface area contributed by atoms with Crippen molar-refractivity contribution in [2.75, 3.05) is 12.8 Å². The molecule has 1 heterocycles. The van der Waals surface area contributed by atoms with Crippen LogP contribution < -0.4 is 16.2 Å². The lowest BCUT2D eigenvalue weighted by Crippen LogP contribution is -2.10. The highest BCUT2D eigenvalue weighted by Crippen LogP contribution is 2.19. The van der Waals surface area contributed by atoms with Crippen molar-refractivity contribution >= 4 is 5.95 Å². The number of methoxy groups -OCH3 is 1. The average Bonchev–Trinajstić information content (AvgIpc) is 2.16. The van der Waals surface area contributed by atoms with Crippen LogP contribution in [-0.2, 0) is 13.0 Å². The fourth-order valence-electron chi connectivity index (χ4n) is 1.19. The van der Waals surface area contributed by atoms with E-state index >= 15 is 0 Å². The highest BCUT2D eigenvalue weighted by atomic mass is 16.5. The first-order chi connectivity index (χ1) is 6.22. The van der Waals surface area contributed by atoms with Gasteiger partial charge in [0.25, 0.3) is 0 Å². The molecule has 0 aliphatic heterocycles. The number of nitrogen functional groups attached to an aromatic ring is 1. The lowest BCUT2D eigenvalue weighted by molar-refractivity contribution is 0.391. The van der Waals surface area contributed by atoms with Crippen molar-refractivity contribution in [2.45, 2.75) is 19.9 Å². The number of anilines is 1. The molecule has 0 amide bonds. The van der Waals surface area contributed by atoms with Crippen LogP contribution in [0.4, 0.5) is 5.95 Å². The van der Waals surface area contributed by atoms with E-state index in [0.717, 1.165) is 17.7 Å². The van der Waals surface area contributed by atoms with E-state index in [9.17, 15) is 0 Å². The van der Waals surface area contributed by atoms with Crippen molar-refractivity contribution in [3.05, 3.63) is 11.3 Å². The molecule has 5 heteroatoms. The Balaban J connectivity index is 3.25. The highest BCUT2D eigenvalue weighted by molar-refractivity contribution is 5.36. The van der Waals surface area contributed by atoms with E-state index in [2.05, 4.69) is 9.97 Å². The summed E-state index contributed by atoms with van der Waals surface area (Å²) in [4.78, 5) is 8.01. The first kappa shape index (κ1) is 9.73. The minimum Gasteiger partial charge on any atom is -0.481 e. The highest BCUT2D eigenvalue weighted by Gasteiger charge is 2.10. The number of hydrogen-bond acceptors (Lipinski definition) is 5. The molecule has 0 bridgehead atoms. The molecule has 0 radical (unpaired) electrons. The van der Waals surface area contributed by atoms with Gasteiger partial charge < -0.3 is 16.2 Å². The zero-order valence-corrected chi connectivity index (χ0v) is 7.87. The molecule has 0 aromatic carbocycles. The zero-order valence-electron chi connectivity index (χ0n) is 7.87. The molecule has 0 unspecified atom stereocenters. The predicted molar refractivity (Wildman–Crippen MR) is 50.3 cm³/mol. The Morgan fingerprint density at radius 2 is 2.08 bits per heavy atom. The van der Waals surface area contributed by atoms with Gasteiger partial charge in [-0.3, -0.25) is 0 Å². The summed E-state index contributed by atoms with van der Waals surface area (Å²) in [5.74, 6) is 0.706. The molecule has 1 aromatic rings. The van der Waals surface area contributed by atoms with E-state index in [1.54, 1.807) is 7.11 Å². The molecule has 1 aromatic heterocycles. The minimum atomic E-state index is 0.228. The van der Waals surface area contributed by atoms with Gasteiger partial charge in [-0.15, -0.1) is 0 Å². The van der Waals surface area contributed by atoms with Gasteiger partial charge in [0.2, 0.25) is 11.8 Å². The van der Waals surface area contributed by atoms with Gasteiger partial charge in [0.1, 0.15) is 0 Å². The molecule has 4 N–H and O–H groups in total. The number of rotatable bonds is 3. The summed E-state index contributed by atoms with van der Waals surface area (Å²) in [6.07, 6.45) is 0.773. The summed E-state index contributed by atoms with van der Waals surface area (Å²) in [5.41, 5.74) is 12.7. The zero-order chi connectivity index (χ0) is 9.84. The Morgan fingerprint density at radius 1 is 1.38 bits per heavy atom. The summed E-state index contributed by atoms with van der Waals surface area (Å²) in [6.45, 7) is 2.35. The molecule has 0 saturated carbocycles. The van der Waals surface area contributed by atoms with Gasteiger partial charge in [0.15, 0.2) is 0 Å². The van der Waals surface area contributed by atoms with E-state index in [4.69, 9.17) is 16.2 Å². The van der Waals surface area contributed by atoms with E-state index in [1.807, 2.05) is 6.92 Å². The number of aryl methyl sites for hydroxylation is 1. The third-order valence-corrected chi connectivity index (χ3v) is 1.80. The Hall–Kier alpha value is -1.36. The van der Waals surface area contributed by atoms with Crippen LogP contribution in [-0.4, -0.2) is 17.1 Å². The largest absolute Gasteiger partial charge is 0.481 e. The van der Waals surface area contributed by atoms with Crippen molar-refractivity contribution in [3.8, 4) is 5.88 Å². The summed E-state index contributed by atoms with van der Waals surface area (Å²) in [6, 6.07) is 0. The molecule has 0 atom stereocenters. The second-order valence-electron chi connectivity index (χ2n) is 2.57. The molecule has 13 heavy (non-hydrogen) atoms. The molecule has 0 spiro atoms. The Kier molecular flexibility index (Phi) is 3.02. The monoisotopic (exact) mass is 182 g/mol. The van der Waals surface area contributed by atoms with Crippen molar-refractivity contribution in [2.24, 2.45) is 5.73 Å². The van der Waals surface area contributed by atoms with Crippen LogP contribution in [0.1, 0.15) is 18.2 Å². The second kappa shape index (κ2) is 4.04.